The zero-order valence-corrected chi connectivity index (χ0v) is 11.4. The second kappa shape index (κ2) is 7.45. The first kappa shape index (κ1) is 14.2. The number of hydrogen-bond donors (Lipinski definition) is 2. The van der Waals surface area contributed by atoms with Crippen molar-refractivity contribution >= 4 is 17.2 Å². The molecule has 3 nitrogen and oxygen atoms in total. The fourth-order valence-corrected chi connectivity index (χ4v) is 2.52. The average Bonchev–Trinajstić information content (AvgIpc) is 2.78. The Morgan fingerprint density at radius 2 is 2.35 bits per heavy atom. The molecule has 0 aromatic carbocycles. The topological polar surface area (TPSA) is 55.1 Å². The lowest BCUT2D eigenvalue weighted by molar-refractivity contribution is -0.123. The van der Waals surface area contributed by atoms with Crippen LogP contribution in [0.2, 0.25) is 0 Å². The van der Waals surface area contributed by atoms with E-state index in [9.17, 15) is 4.79 Å². The maximum Gasteiger partial charge on any atom is 0.237 e. The summed E-state index contributed by atoms with van der Waals surface area (Å²) in [6.45, 7) is 4.12. The Bertz CT molecular complexity index is 324. The van der Waals surface area contributed by atoms with E-state index in [1.54, 1.807) is 11.3 Å². The van der Waals surface area contributed by atoms with E-state index in [0.717, 1.165) is 25.7 Å². The number of thiophene rings is 1. The second-order valence-electron chi connectivity index (χ2n) is 4.44. The number of hydrogen-bond acceptors (Lipinski definition) is 3. The number of unbranched alkanes of at least 4 members (excludes halogenated alkanes) is 1. The smallest absolute Gasteiger partial charge is 0.237 e. The minimum Gasteiger partial charge on any atom is -0.352 e. The van der Waals surface area contributed by atoms with E-state index < -0.39 is 0 Å². The van der Waals surface area contributed by atoms with E-state index in [0.29, 0.717) is 0 Å². The van der Waals surface area contributed by atoms with Crippen LogP contribution in [0.25, 0.3) is 0 Å². The largest absolute Gasteiger partial charge is 0.352 e. The van der Waals surface area contributed by atoms with Gasteiger partial charge in [0.2, 0.25) is 5.91 Å². The molecule has 2 atom stereocenters. The zero-order chi connectivity index (χ0) is 12.7. The normalized spacial score (nSPS) is 14.3. The molecular weight excluding hydrogens is 232 g/mol. The molecule has 0 fully saturated rings. The molecule has 17 heavy (non-hydrogen) atoms. The van der Waals surface area contributed by atoms with Crippen LogP contribution in [0.15, 0.2) is 17.5 Å². The van der Waals surface area contributed by atoms with Gasteiger partial charge < -0.3 is 11.1 Å². The van der Waals surface area contributed by atoms with Crippen molar-refractivity contribution in [2.24, 2.45) is 5.73 Å². The molecule has 4 heteroatoms. The highest BCUT2D eigenvalue weighted by molar-refractivity contribution is 7.09. The number of carbonyl (C=O) groups is 1. The van der Waals surface area contributed by atoms with Gasteiger partial charge in [0.1, 0.15) is 0 Å². The highest BCUT2D eigenvalue weighted by Gasteiger charge is 2.15. The van der Waals surface area contributed by atoms with Gasteiger partial charge in [0.25, 0.3) is 0 Å². The van der Waals surface area contributed by atoms with Gasteiger partial charge in [-0.3, -0.25) is 4.79 Å². The van der Waals surface area contributed by atoms with Gasteiger partial charge in [0.15, 0.2) is 0 Å². The molecule has 0 aliphatic heterocycles. The second-order valence-corrected chi connectivity index (χ2v) is 5.47. The first-order chi connectivity index (χ1) is 8.13. The minimum absolute atomic E-state index is 0.0255. The lowest BCUT2D eigenvalue weighted by Gasteiger charge is -2.16. The molecule has 3 N–H and O–H groups in total. The summed E-state index contributed by atoms with van der Waals surface area (Å²) >= 11 is 1.72. The molecular formula is C13H22N2OS. The minimum atomic E-state index is -0.360. The molecule has 0 aliphatic carbocycles. The molecule has 1 rings (SSSR count). The van der Waals surface area contributed by atoms with Gasteiger partial charge in [-0.15, -0.1) is 11.3 Å². The molecule has 0 saturated carbocycles. The van der Waals surface area contributed by atoms with Crippen LogP contribution in [0.5, 0.6) is 0 Å². The van der Waals surface area contributed by atoms with Crippen molar-refractivity contribution in [1.82, 2.24) is 5.32 Å². The van der Waals surface area contributed by atoms with Crippen LogP contribution in [0, 0.1) is 0 Å². The third kappa shape index (κ3) is 5.33. The third-order valence-electron chi connectivity index (χ3n) is 2.68. The molecule has 0 aliphatic rings. The van der Waals surface area contributed by atoms with E-state index in [1.807, 2.05) is 13.0 Å². The first-order valence-corrected chi connectivity index (χ1v) is 7.09. The van der Waals surface area contributed by atoms with E-state index in [2.05, 4.69) is 23.7 Å². The molecule has 1 heterocycles. The monoisotopic (exact) mass is 254 g/mol. The fraction of sp³-hybridized carbons (Fsp3) is 0.615. The molecule has 1 unspecified atom stereocenters. The fourth-order valence-electron chi connectivity index (χ4n) is 1.69. The third-order valence-corrected chi connectivity index (χ3v) is 3.58. The molecule has 1 aromatic rings. The van der Waals surface area contributed by atoms with Crippen LogP contribution in [0.3, 0.4) is 0 Å². The summed E-state index contributed by atoms with van der Waals surface area (Å²) in [5.74, 6) is -0.0255. The Morgan fingerprint density at radius 1 is 1.59 bits per heavy atom. The van der Waals surface area contributed by atoms with E-state index in [4.69, 9.17) is 5.73 Å². The molecule has 0 spiro atoms. The van der Waals surface area contributed by atoms with Crippen molar-refractivity contribution in [3.05, 3.63) is 22.4 Å². The van der Waals surface area contributed by atoms with E-state index in [1.165, 1.54) is 4.88 Å². The van der Waals surface area contributed by atoms with Crippen LogP contribution < -0.4 is 11.1 Å². The standard InChI is InChI=1S/C13H22N2OS/c1-3-4-7-12(14)13(16)15-10(2)9-11-6-5-8-17-11/h5-6,8,10,12H,3-4,7,9,14H2,1-2H3,(H,15,16)/t10?,12-/m0/s1. The number of rotatable bonds is 7. The van der Waals surface area contributed by atoms with Crippen molar-refractivity contribution < 1.29 is 4.79 Å². The van der Waals surface area contributed by atoms with Crippen LogP contribution in [0.1, 0.15) is 38.0 Å². The van der Waals surface area contributed by atoms with Gasteiger partial charge in [0.05, 0.1) is 6.04 Å². The summed E-state index contributed by atoms with van der Waals surface area (Å²) in [5, 5.41) is 5.02. The van der Waals surface area contributed by atoms with Gasteiger partial charge in [-0.2, -0.15) is 0 Å². The van der Waals surface area contributed by atoms with E-state index in [-0.39, 0.29) is 18.0 Å². The Hall–Kier alpha value is -0.870. The van der Waals surface area contributed by atoms with Gasteiger partial charge >= 0.3 is 0 Å². The maximum absolute atomic E-state index is 11.8. The predicted molar refractivity (Wildman–Crippen MR) is 73.1 cm³/mol. The molecule has 96 valence electrons. The maximum atomic E-state index is 11.8. The first-order valence-electron chi connectivity index (χ1n) is 6.21. The number of carbonyl (C=O) groups excluding carboxylic acids is 1. The number of nitrogens with one attached hydrogen (secondary N) is 1. The number of nitrogens with two attached hydrogens (primary N) is 1. The lowest BCUT2D eigenvalue weighted by Crippen LogP contribution is -2.45. The highest BCUT2D eigenvalue weighted by Crippen LogP contribution is 2.11. The van der Waals surface area contributed by atoms with Crippen molar-refractivity contribution in [1.29, 1.82) is 0 Å². The van der Waals surface area contributed by atoms with E-state index >= 15 is 0 Å². The van der Waals surface area contributed by atoms with Crippen molar-refractivity contribution in [2.45, 2.75) is 51.6 Å². The van der Waals surface area contributed by atoms with Crippen LogP contribution in [-0.4, -0.2) is 18.0 Å². The predicted octanol–water partition coefficient (Wildman–Crippen LogP) is 2.31. The Kier molecular flexibility index (Phi) is 6.22. The SMILES string of the molecule is CCCC[C@H](N)C(=O)NC(C)Cc1cccs1. The average molecular weight is 254 g/mol. The summed E-state index contributed by atoms with van der Waals surface area (Å²) in [5.41, 5.74) is 5.82. The Labute approximate surface area is 107 Å². The highest BCUT2D eigenvalue weighted by atomic mass is 32.1. The summed E-state index contributed by atoms with van der Waals surface area (Å²) in [6.07, 6.45) is 3.73. The van der Waals surface area contributed by atoms with Crippen LogP contribution >= 0.6 is 11.3 Å². The lowest BCUT2D eigenvalue weighted by atomic mass is 10.1. The summed E-state index contributed by atoms with van der Waals surface area (Å²) in [7, 11) is 0. The van der Waals surface area contributed by atoms with Crippen molar-refractivity contribution in [2.75, 3.05) is 0 Å². The van der Waals surface area contributed by atoms with Crippen LogP contribution in [-0.2, 0) is 11.2 Å². The quantitative estimate of drug-likeness (QED) is 0.784. The van der Waals surface area contributed by atoms with Gasteiger partial charge in [-0.05, 0) is 24.8 Å². The zero-order valence-electron chi connectivity index (χ0n) is 10.6. The van der Waals surface area contributed by atoms with Crippen molar-refractivity contribution in [3.8, 4) is 0 Å². The molecule has 0 saturated heterocycles. The Balaban J connectivity index is 2.30. The van der Waals surface area contributed by atoms with Gasteiger partial charge in [0, 0.05) is 17.3 Å². The Morgan fingerprint density at radius 3 is 2.94 bits per heavy atom. The van der Waals surface area contributed by atoms with Crippen LogP contribution in [0.4, 0.5) is 0 Å². The molecule has 1 aromatic heterocycles. The summed E-state index contributed by atoms with van der Waals surface area (Å²) in [6, 6.07) is 3.90. The number of amides is 1. The van der Waals surface area contributed by atoms with Gasteiger partial charge in [-0.25, -0.2) is 0 Å². The molecule has 0 radical (unpaired) electrons. The molecule has 0 bridgehead atoms. The summed E-state index contributed by atoms with van der Waals surface area (Å²) < 4.78 is 0. The van der Waals surface area contributed by atoms with Gasteiger partial charge in [-0.1, -0.05) is 25.8 Å². The summed E-state index contributed by atoms with van der Waals surface area (Å²) in [4.78, 5) is 13.0. The van der Waals surface area contributed by atoms with Crippen molar-refractivity contribution in [3.63, 3.8) is 0 Å². The molecule has 1 amide bonds.